The fraction of sp³-hybridized carbons (Fsp3) is 0.538. The second-order valence-electron chi connectivity index (χ2n) is 4.12. The number of hydrogen-bond donors (Lipinski definition) is 1. The summed E-state index contributed by atoms with van der Waals surface area (Å²) in [5.74, 6) is 0.00676. The highest BCUT2D eigenvalue weighted by Gasteiger charge is 2.30. The predicted octanol–water partition coefficient (Wildman–Crippen LogP) is 3.97. The monoisotopic (exact) mass is 246 g/mol. The van der Waals surface area contributed by atoms with Gasteiger partial charge in [0.2, 0.25) is 0 Å². The Morgan fingerprint density at radius 3 is 2.47 bits per heavy atom. The van der Waals surface area contributed by atoms with Crippen LogP contribution in [0.5, 0.6) is 0 Å². The molecule has 1 N–H and O–H groups in total. The molecule has 0 radical (unpaired) electrons. The number of aliphatic hydroxyl groups excluding tert-OH is 1. The molecule has 1 atom stereocenters. The summed E-state index contributed by atoms with van der Waals surface area (Å²) < 4.78 is 37.7. The van der Waals surface area contributed by atoms with E-state index in [0.29, 0.717) is 12.0 Å². The van der Waals surface area contributed by atoms with Gasteiger partial charge in [-0.1, -0.05) is 31.5 Å². The van der Waals surface area contributed by atoms with E-state index < -0.39 is 11.7 Å². The summed E-state index contributed by atoms with van der Waals surface area (Å²) in [6, 6.07) is 5.39. The van der Waals surface area contributed by atoms with Gasteiger partial charge in [-0.05, 0) is 30.4 Å². The molecule has 0 aliphatic carbocycles. The molecule has 0 spiro atoms. The van der Waals surface area contributed by atoms with Crippen molar-refractivity contribution in [3.8, 4) is 0 Å². The Hall–Kier alpha value is -1.03. The third-order valence-electron chi connectivity index (χ3n) is 2.80. The highest BCUT2D eigenvalue weighted by molar-refractivity contribution is 5.28. The first-order valence-electron chi connectivity index (χ1n) is 5.77. The molecular weight excluding hydrogens is 229 g/mol. The average Bonchev–Trinajstić information content (AvgIpc) is 2.28. The molecule has 96 valence electrons. The molecule has 17 heavy (non-hydrogen) atoms. The van der Waals surface area contributed by atoms with Crippen LogP contribution >= 0.6 is 0 Å². The molecule has 4 heteroatoms. The maximum atomic E-state index is 12.6. The number of halogens is 3. The van der Waals surface area contributed by atoms with Crippen molar-refractivity contribution in [2.75, 3.05) is 6.61 Å². The topological polar surface area (TPSA) is 20.2 Å². The number of aliphatic hydroxyl groups is 1. The first-order valence-corrected chi connectivity index (χ1v) is 5.77. The van der Waals surface area contributed by atoms with Crippen molar-refractivity contribution in [3.05, 3.63) is 35.4 Å². The van der Waals surface area contributed by atoms with Crippen molar-refractivity contribution in [1.82, 2.24) is 0 Å². The molecule has 0 aliphatic heterocycles. The van der Waals surface area contributed by atoms with E-state index in [1.54, 1.807) is 6.07 Å². The molecule has 1 aromatic rings. The van der Waals surface area contributed by atoms with Crippen molar-refractivity contribution in [1.29, 1.82) is 0 Å². The van der Waals surface area contributed by atoms with Crippen molar-refractivity contribution >= 4 is 0 Å². The van der Waals surface area contributed by atoms with Gasteiger partial charge in [0.05, 0.1) is 5.56 Å². The Morgan fingerprint density at radius 2 is 1.94 bits per heavy atom. The summed E-state index contributed by atoms with van der Waals surface area (Å²) in [6.07, 6.45) is -2.11. The molecule has 1 rings (SSSR count). The van der Waals surface area contributed by atoms with Crippen LogP contribution in [0.25, 0.3) is 0 Å². The van der Waals surface area contributed by atoms with E-state index in [2.05, 4.69) is 0 Å². The maximum absolute atomic E-state index is 12.6. The second-order valence-corrected chi connectivity index (χ2v) is 4.12. The number of benzene rings is 1. The predicted molar refractivity (Wildman–Crippen MR) is 60.8 cm³/mol. The van der Waals surface area contributed by atoms with E-state index in [0.717, 1.165) is 18.9 Å². The lowest BCUT2D eigenvalue weighted by Gasteiger charge is -2.17. The zero-order valence-corrected chi connectivity index (χ0v) is 9.80. The minimum atomic E-state index is -4.30. The third-order valence-corrected chi connectivity index (χ3v) is 2.80. The van der Waals surface area contributed by atoms with Gasteiger partial charge in [0.25, 0.3) is 0 Å². The minimum absolute atomic E-state index is 0.000905. The molecule has 0 aliphatic rings. The Labute approximate surface area is 99.3 Å². The standard InChI is InChI=1S/C13H17F3O/c1-2-4-10(7-8-17)11-5-3-6-12(9-11)13(14,15)16/h3,5-6,9-10,17H,2,4,7-8H2,1H3. The van der Waals surface area contributed by atoms with E-state index in [1.807, 2.05) is 6.92 Å². The summed E-state index contributed by atoms with van der Waals surface area (Å²) in [6.45, 7) is 1.99. The van der Waals surface area contributed by atoms with Crippen LogP contribution in [0.3, 0.4) is 0 Å². The summed E-state index contributed by atoms with van der Waals surface area (Å²) in [7, 11) is 0. The van der Waals surface area contributed by atoms with E-state index in [1.165, 1.54) is 12.1 Å². The molecule has 1 aromatic carbocycles. The fourth-order valence-electron chi connectivity index (χ4n) is 1.95. The Balaban J connectivity index is 2.95. The van der Waals surface area contributed by atoms with Gasteiger partial charge in [0.15, 0.2) is 0 Å². The lowest BCUT2D eigenvalue weighted by atomic mass is 9.90. The number of alkyl halides is 3. The molecule has 0 bridgehead atoms. The van der Waals surface area contributed by atoms with E-state index in [4.69, 9.17) is 5.11 Å². The van der Waals surface area contributed by atoms with Crippen LogP contribution in [0, 0.1) is 0 Å². The second kappa shape index (κ2) is 6.05. The van der Waals surface area contributed by atoms with Crippen molar-refractivity contribution in [2.45, 2.75) is 38.3 Å². The normalized spacial score (nSPS) is 13.7. The third kappa shape index (κ3) is 4.04. The molecule has 0 aromatic heterocycles. The summed E-state index contributed by atoms with van der Waals surface area (Å²) in [4.78, 5) is 0. The van der Waals surface area contributed by atoms with Crippen LogP contribution in [0.1, 0.15) is 43.2 Å². The van der Waals surface area contributed by atoms with Crippen LogP contribution in [-0.2, 0) is 6.18 Å². The quantitative estimate of drug-likeness (QED) is 0.833. The lowest BCUT2D eigenvalue weighted by Crippen LogP contribution is -2.07. The van der Waals surface area contributed by atoms with Gasteiger partial charge in [-0.15, -0.1) is 0 Å². The van der Waals surface area contributed by atoms with Crippen LogP contribution in [0.15, 0.2) is 24.3 Å². The smallest absolute Gasteiger partial charge is 0.396 e. The van der Waals surface area contributed by atoms with Gasteiger partial charge in [0, 0.05) is 6.61 Å². The van der Waals surface area contributed by atoms with E-state index in [9.17, 15) is 13.2 Å². The van der Waals surface area contributed by atoms with Crippen LogP contribution in [0.2, 0.25) is 0 Å². The van der Waals surface area contributed by atoms with Crippen molar-refractivity contribution < 1.29 is 18.3 Å². The zero-order valence-electron chi connectivity index (χ0n) is 9.80. The summed E-state index contributed by atoms with van der Waals surface area (Å²) >= 11 is 0. The average molecular weight is 246 g/mol. The van der Waals surface area contributed by atoms with Crippen molar-refractivity contribution in [3.63, 3.8) is 0 Å². The largest absolute Gasteiger partial charge is 0.416 e. The van der Waals surface area contributed by atoms with Gasteiger partial charge >= 0.3 is 6.18 Å². The van der Waals surface area contributed by atoms with Gasteiger partial charge in [0.1, 0.15) is 0 Å². The highest BCUT2D eigenvalue weighted by Crippen LogP contribution is 2.32. The SMILES string of the molecule is CCCC(CCO)c1cccc(C(F)(F)F)c1. The number of hydrogen-bond acceptors (Lipinski definition) is 1. The number of rotatable bonds is 5. The first-order chi connectivity index (χ1) is 7.99. The zero-order chi connectivity index (χ0) is 12.9. The molecule has 1 unspecified atom stereocenters. The summed E-state index contributed by atoms with van der Waals surface area (Å²) in [5.41, 5.74) is 0.0461. The van der Waals surface area contributed by atoms with E-state index >= 15 is 0 Å². The lowest BCUT2D eigenvalue weighted by molar-refractivity contribution is -0.137. The van der Waals surface area contributed by atoms with E-state index in [-0.39, 0.29) is 12.5 Å². The fourth-order valence-corrected chi connectivity index (χ4v) is 1.95. The Kier molecular flexibility index (Phi) is 5.00. The molecule has 0 heterocycles. The van der Waals surface area contributed by atoms with Crippen LogP contribution < -0.4 is 0 Å². The van der Waals surface area contributed by atoms with Gasteiger partial charge in [-0.25, -0.2) is 0 Å². The molecule has 0 fully saturated rings. The van der Waals surface area contributed by atoms with Gasteiger partial charge in [-0.3, -0.25) is 0 Å². The molecule has 0 amide bonds. The Morgan fingerprint density at radius 1 is 1.24 bits per heavy atom. The maximum Gasteiger partial charge on any atom is 0.416 e. The van der Waals surface area contributed by atoms with Gasteiger partial charge < -0.3 is 5.11 Å². The molecular formula is C13H17F3O. The molecule has 0 saturated carbocycles. The highest BCUT2D eigenvalue weighted by atomic mass is 19.4. The first kappa shape index (κ1) is 14.0. The minimum Gasteiger partial charge on any atom is -0.396 e. The van der Waals surface area contributed by atoms with Crippen LogP contribution in [-0.4, -0.2) is 11.7 Å². The molecule has 1 nitrogen and oxygen atoms in total. The Bertz CT molecular complexity index is 341. The molecule has 0 saturated heterocycles. The van der Waals surface area contributed by atoms with Crippen LogP contribution in [0.4, 0.5) is 13.2 Å². The van der Waals surface area contributed by atoms with Crippen molar-refractivity contribution in [2.24, 2.45) is 0 Å². The van der Waals surface area contributed by atoms with Gasteiger partial charge in [-0.2, -0.15) is 13.2 Å². The summed E-state index contributed by atoms with van der Waals surface area (Å²) in [5, 5.41) is 8.93.